The Bertz CT molecular complexity index is 466. The van der Waals surface area contributed by atoms with Crippen molar-refractivity contribution in [2.24, 2.45) is 0 Å². The third-order valence-electron chi connectivity index (χ3n) is 4.24. The molecule has 0 fully saturated rings. The van der Waals surface area contributed by atoms with Gasteiger partial charge in [0.1, 0.15) is 17.1 Å². The number of carbonyl (C=O) groups excluding carboxylic acids is 1. The predicted molar refractivity (Wildman–Crippen MR) is 104 cm³/mol. The summed E-state index contributed by atoms with van der Waals surface area (Å²) in [7, 11) is 2.56. The summed E-state index contributed by atoms with van der Waals surface area (Å²) in [6.07, 6.45) is 10.5. The molecule has 0 spiro atoms. The third-order valence-corrected chi connectivity index (χ3v) is 6.75. The minimum atomic E-state index is -0.668. The van der Waals surface area contributed by atoms with E-state index < -0.39 is 7.92 Å². The summed E-state index contributed by atoms with van der Waals surface area (Å²) in [4.78, 5) is 13.2. The number of hydrogen-bond acceptors (Lipinski definition) is 3. The molecule has 0 saturated heterocycles. The van der Waals surface area contributed by atoms with Crippen LogP contribution >= 0.6 is 7.92 Å². The minimum Gasteiger partial charge on any atom is -0.496 e. The molecule has 0 aliphatic rings. The zero-order valence-corrected chi connectivity index (χ0v) is 16.7. The Labute approximate surface area is 148 Å². The second-order valence-electron chi connectivity index (χ2n) is 6.10. The molecule has 4 heteroatoms. The molecular formula is C20H33O3P. The van der Waals surface area contributed by atoms with Gasteiger partial charge in [0.25, 0.3) is 0 Å². The molecule has 1 aromatic rings. The van der Waals surface area contributed by atoms with Gasteiger partial charge >= 0.3 is 0 Å². The van der Waals surface area contributed by atoms with E-state index in [4.69, 9.17) is 9.47 Å². The molecule has 0 aromatic heterocycles. The molecule has 24 heavy (non-hydrogen) atoms. The van der Waals surface area contributed by atoms with Crippen molar-refractivity contribution in [3.05, 3.63) is 23.8 Å². The summed E-state index contributed by atoms with van der Waals surface area (Å²) in [6.45, 7) is 4.41. The standard InChI is InChI=1S/C20H33O3P/c1-5-7-9-10-11-16-24(15-8-6-2)20(21)19-17(22-3)13-12-14-18(19)23-4/h12-14H,5-11,15-16H2,1-4H3. The maximum absolute atomic E-state index is 13.2. The van der Waals surface area contributed by atoms with Crippen LogP contribution in [0.1, 0.15) is 69.2 Å². The van der Waals surface area contributed by atoms with Crippen LogP contribution in [-0.4, -0.2) is 32.1 Å². The molecule has 0 heterocycles. The lowest BCUT2D eigenvalue weighted by molar-refractivity contribution is 0.107. The Kier molecular flexibility index (Phi) is 10.7. The first-order chi connectivity index (χ1) is 11.7. The fraction of sp³-hybridized carbons (Fsp3) is 0.650. The Morgan fingerprint density at radius 2 is 1.42 bits per heavy atom. The molecule has 0 bridgehead atoms. The molecular weight excluding hydrogens is 319 g/mol. The van der Waals surface area contributed by atoms with Gasteiger partial charge in [0.05, 0.1) is 14.2 Å². The van der Waals surface area contributed by atoms with Crippen LogP contribution in [0.15, 0.2) is 18.2 Å². The predicted octanol–water partition coefficient (Wildman–Crippen LogP) is 6.10. The van der Waals surface area contributed by atoms with Crippen LogP contribution in [0.3, 0.4) is 0 Å². The van der Waals surface area contributed by atoms with Crippen molar-refractivity contribution >= 4 is 13.4 Å². The molecule has 1 atom stereocenters. The van der Waals surface area contributed by atoms with Gasteiger partial charge in [-0.15, -0.1) is 0 Å². The number of benzene rings is 1. The van der Waals surface area contributed by atoms with E-state index in [1.807, 2.05) is 18.2 Å². The van der Waals surface area contributed by atoms with E-state index in [2.05, 4.69) is 13.8 Å². The molecule has 136 valence electrons. The first-order valence-corrected chi connectivity index (χ1v) is 10.9. The number of unbranched alkanes of at least 4 members (excludes halogenated alkanes) is 5. The molecule has 1 unspecified atom stereocenters. The van der Waals surface area contributed by atoms with Crippen LogP contribution in [-0.2, 0) is 0 Å². The Morgan fingerprint density at radius 1 is 0.875 bits per heavy atom. The number of carbonyl (C=O) groups is 1. The monoisotopic (exact) mass is 352 g/mol. The van der Waals surface area contributed by atoms with E-state index >= 15 is 0 Å². The van der Waals surface area contributed by atoms with Crippen LogP contribution < -0.4 is 9.47 Å². The van der Waals surface area contributed by atoms with Crippen LogP contribution in [0.2, 0.25) is 0 Å². The van der Waals surface area contributed by atoms with Crippen molar-refractivity contribution in [2.75, 3.05) is 26.5 Å². The van der Waals surface area contributed by atoms with Crippen molar-refractivity contribution in [2.45, 2.75) is 58.8 Å². The van der Waals surface area contributed by atoms with Gasteiger partial charge in [-0.1, -0.05) is 52.0 Å². The topological polar surface area (TPSA) is 35.5 Å². The number of hydrogen-bond donors (Lipinski definition) is 0. The Morgan fingerprint density at radius 3 is 1.96 bits per heavy atom. The summed E-state index contributed by atoms with van der Waals surface area (Å²) in [5.74, 6) is 1.27. The van der Waals surface area contributed by atoms with Crippen molar-refractivity contribution in [3.63, 3.8) is 0 Å². The van der Waals surface area contributed by atoms with Gasteiger partial charge < -0.3 is 9.47 Å². The van der Waals surface area contributed by atoms with Gasteiger partial charge in [0.2, 0.25) is 0 Å². The van der Waals surface area contributed by atoms with E-state index in [0.717, 1.165) is 31.6 Å². The van der Waals surface area contributed by atoms with Crippen LogP contribution in [0.4, 0.5) is 0 Å². The third kappa shape index (κ3) is 6.43. The maximum Gasteiger partial charge on any atom is 0.191 e. The largest absolute Gasteiger partial charge is 0.496 e. The summed E-state index contributed by atoms with van der Waals surface area (Å²) < 4.78 is 10.9. The average molecular weight is 352 g/mol. The van der Waals surface area contributed by atoms with Gasteiger partial charge in [-0.25, -0.2) is 0 Å². The highest BCUT2D eigenvalue weighted by atomic mass is 31.1. The van der Waals surface area contributed by atoms with Crippen molar-refractivity contribution in [1.82, 2.24) is 0 Å². The van der Waals surface area contributed by atoms with Gasteiger partial charge in [-0.05, 0) is 45.2 Å². The van der Waals surface area contributed by atoms with Crippen LogP contribution in [0.5, 0.6) is 11.5 Å². The summed E-state index contributed by atoms with van der Waals surface area (Å²) in [5, 5.41) is 0. The highest BCUT2D eigenvalue weighted by molar-refractivity contribution is 7.75. The van der Waals surface area contributed by atoms with Crippen molar-refractivity contribution < 1.29 is 14.3 Å². The lowest BCUT2D eigenvalue weighted by Gasteiger charge is -2.19. The molecule has 0 aliphatic carbocycles. The van der Waals surface area contributed by atoms with Crippen LogP contribution in [0.25, 0.3) is 0 Å². The molecule has 0 aliphatic heterocycles. The quantitative estimate of drug-likeness (QED) is 0.318. The highest BCUT2D eigenvalue weighted by Crippen LogP contribution is 2.46. The second-order valence-corrected chi connectivity index (χ2v) is 8.48. The SMILES string of the molecule is CCCCCCCP(CCCC)C(=O)c1c(OC)cccc1OC. The Hall–Kier alpha value is -1.08. The van der Waals surface area contributed by atoms with E-state index in [0.29, 0.717) is 17.1 Å². The summed E-state index contributed by atoms with van der Waals surface area (Å²) in [6, 6.07) is 5.57. The molecule has 0 amide bonds. The zero-order valence-electron chi connectivity index (χ0n) is 15.8. The summed E-state index contributed by atoms with van der Waals surface area (Å²) >= 11 is 0. The number of rotatable bonds is 13. The normalized spacial score (nSPS) is 12.0. The zero-order chi connectivity index (χ0) is 17.8. The first-order valence-electron chi connectivity index (χ1n) is 9.19. The number of methoxy groups -OCH3 is 2. The molecule has 1 aromatic carbocycles. The van der Waals surface area contributed by atoms with E-state index in [-0.39, 0.29) is 5.52 Å². The van der Waals surface area contributed by atoms with Crippen molar-refractivity contribution in [3.8, 4) is 11.5 Å². The van der Waals surface area contributed by atoms with Crippen molar-refractivity contribution in [1.29, 1.82) is 0 Å². The second kappa shape index (κ2) is 12.3. The van der Waals surface area contributed by atoms with Gasteiger partial charge in [-0.2, -0.15) is 0 Å². The molecule has 0 saturated carbocycles. The van der Waals surface area contributed by atoms with E-state index in [1.165, 1.54) is 25.7 Å². The maximum atomic E-state index is 13.2. The number of ether oxygens (including phenoxy) is 2. The molecule has 1 rings (SSSR count). The lowest BCUT2D eigenvalue weighted by atomic mass is 10.2. The summed E-state index contributed by atoms with van der Waals surface area (Å²) in [5.41, 5.74) is 0.876. The van der Waals surface area contributed by atoms with Gasteiger partial charge in [-0.3, -0.25) is 4.79 Å². The minimum absolute atomic E-state index is 0.239. The lowest BCUT2D eigenvalue weighted by Crippen LogP contribution is -2.08. The fourth-order valence-electron chi connectivity index (χ4n) is 2.79. The molecule has 3 nitrogen and oxygen atoms in total. The van der Waals surface area contributed by atoms with Gasteiger partial charge in [0.15, 0.2) is 5.52 Å². The highest BCUT2D eigenvalue weighted by Gasteiger charge is 2.25. The first kappa shape index (κ1) is 21.0. The van der Waals surface area contributed by atoms with E-state index in [9.17, 15) is 4.79 Å². The average Bonchev–Trinajstić information content (AvgIpc) is 2.62. The fourth-order valence-corrected chi connectivity index (χ4v) is 5.26. The molecule has 0 N–H and O–H groups in total. The molecule has 0 radical (unpaired) electrons. The Balaban J connectivity index is 2.87. The van der Waals surface area contributed by atoms with Gasteiger partial charge in [0, 0.05) is 0 Å². The smallest absolute Gasteiger partial charge is 0.191 e. The van der Waals surface area contributed by atoms with Crippen LogP contribution in [0, 0.1) is 0 Å². The van der Waals surface area contributed by atoms with E-state index in [1.54, 1.807) is 14.2 Å².